The molecule has 1 fully saturated rings. The normalized spacial score (nSPS) is 16.0. The number of benzene rings is 2. The molecule has 0 aliphatic carbocycles. The molecule has 3 amide bonds. The SMILES string of the molecule is Cc1ccc(N2CC(C(=O)Nc3ccc(-n4ccc(C(N)=O)n4)cc3)CC2=O)cc1. The fraction of sp³-hybridized carbons (Fsp3) is 0.182. The maximum absolute atomic E-state index is 12.7. The summed E-state index contributed by atoms with van der Waals surface area (Å²) >= 11 is 0. The summed E-state index contributed by atoms with van der Waals surface area (Å²) < 4.78 is 1.53. The van der Waals surface area contributed by atoms with Gasteiger partial charge in [-0.3, -0.25) is 14.4 Å². The Labute approximate surface area is 173 Å². The highest BCUT2D eigenvalue weighted by molar-refractivity contribution is 6.03. The van der Waals surface area contributed by atoms with Gasteiger partial charge in [-0.05, 0) is 49.4 Å². The first-order valence-electron chi connectivity index (χ1n) is 9.54. The number of anilines is 2. The fourth-order valence-electron chi connectivity index (χ4n) is 3.40. The minimum absolute atomic E-state index is 0.0571. The molecule has 8 heteroatoms. The number of amides is 3. The van der Waals surface area contributed by atoms with E-state index < -0.39 is 11.8 Å². The molecule has 0 spiro atoms. The van der Waals surface area contributed by atoms with E-state index in [1.807, 2.05) is 31.2 Å². The Morgan fingerprint density at radius 1 is 1.03 bits per heavy atom. The van der Waals surface area contributed by atoms with Gasteiger partial charge in [-0.15, -0.1) is 0 Å². The molecule has 4 rings (SSSR count). The lowest BCUT2D eigenvalue weighted by molar-refractivity contribution is -0.122. The van der Waals surface area contributed by atoms with Gasteiger partial charge in [0.2, 0.25) is 11.8 Å². The van der Waals surface area contributed by atoms with Crippen LogP contribution in [-0.2, 0) is 9.59 Å². The molecule has 3 aromatic rings. The van der Waals surface area contributed by atoms with E-state index in [4.69, 9.17) is 5.73 Å². The van der Waals surface area contributed by atoms with Gasteiger partial charge in [0.15, 0.2) is 0 Å². The first-order chi connectivity index (χ1) is 14.4. The number of aryl methyl sites for hydroxylation is 1. The van der Waals surface area contributed by atoms with E-state index in [-0.39, 0.29) is 23.9 Å². The molecule has 0 saturated carbocycles. The molecule has 2 aromatic carbocycles. The lowest BCUT2D eigenvalue weighted by Crippen LogP contribution is -2.28. The Kier molecular flexibility index (Phi) is 5.05. The van der Waals surface area contributed by atoms with Crippen molar-refractivity contribution >= 4 is 29.1 Å². The van der Waals surface area contributed by atoms with E-state index in [1.165, 1.54) is 10.7 Å². The molecule has 30 heavy (non-hydrogen) atoms. The highest BCUT2D eigenvalue weighted by Gasteiger charge is 2.35. The molecular formula is C22H21N5O3. The Morgan fingerprint density at radius 3 is 2.33 bits per heavy atom. The molecule has 3 N–H and O–H groups in total. The van der Waals surface area contributed by atoms with Gasteiger partial charge in [-0.1, -0.05) is 17.7 Å². The topological polar surface area (TPSA) is 110 Å². The maximum Gasteiger partial charge on any atom is 0.269 e. The molecule has 2 heterocycles. The summed E-state index contributed by atoms with van der Waals surface area (Å²) in [4.78, 5) is 37.9. The van der Waals surface area contributed by atoms with E-state index in [9.17, 15) is 14.4 Å². The van der Waals surface area contributed by atoms with Crippen molar-refractivity contribution in [3.05, 3.63) is 72.1 Å². The van der Waals surface area contributed by atoms with Crippen LogP contribution in [0.2, 0.25) is 0 Å². The highest BCUT2D eigenvalue weighted by Crippen LogP contribution is 2.26. The van der Waals surface area contributed by atoms with Gasteiger partial charge in [0.05, 0.1) is 11.6 Å². The molecule has 0 radical (unpaired) electrons. The molecule has 8 nitrogen and oxygen atoms in total. The molecule has 1 saturated heterocycles. The largest absolute Gasteiger partial charge is 0.364 e. The molecular weight excluding hydrogens is 382 g/mol. The summed E-state index contributed by atoms with van der Waals surface area (Å²) in [7, 11) is 0. The van der Waals surface area contributed by atoms with Crippen LogP contribution in [0.15, 0.2) is 60.8 Å². The van der Waals surface area contributed by atoms with Crippen LogP contribution in [0, 0.1) is 12.8 Å². The van der Waals surface area contributed by atoms with Crippen LogP contribution in [0.3, 0.4) is 0 Å². The predicted octanol–water partition coefficient (Wildman–Crippen LogP) is 2.27. The second-order valence-electron chi connectivity index (χ2n) is 7.29. The number of hydrogen-bond acceptors (Lipinski definition) is 4. The average Bonchev–Trinajstić information content (AvgIpc) is 3.37. The number of carbonyl (C=O) groups excluding carboxylic acids is 3. The van der Waals surface area contributed by atoms with Crippen LogP contribution in [-0.4, -0.2) is 34.0 Å². The molecule has 152 valence electrons. The lowest BCUT2D eigenvalue weighted by Gasteiger charge is -2.17. The summed E-state index contributed by atoms with van der Waals surface area (Å²) in [6.07, 6.45) is 1.82. The van der Waals surface area contributed by atoms with Gasteiger partial charge < -0.3 is 16.0 Å². The quantitative estimate of drug-likeness (QED) is 0.681. The van der Waals surface area contributed by atoms with Crippen molar-refractivity contribution in [2.75, 3.05) is 16.8 Å². The smallest absolute Gasteiger partial charge is 0.269 e. The Hall–Kier alpha value is -3.94. The van der Waals surface area contributed by atoms with Crippen molar-refractivity contribution in [1.29, 1.82) is 0 Å². The van der Waals surface area contributed by atoms with Crippen LogP contribution >= 0.6 is 0 Å². The maximum atomic E-state index is 12.7. The second-order valence-corrected chi connectivity index (χ2v) is 7.29. The monoisotopic (exact) mass is 403 g/mol. The number of aromatic nitrogens is 2. The fourth-order valence-corrected chi connectivity index (χ4v) is 3.40. The minimum Gasteiger partial charge on any atom is -0.364 e. The van der Waals surface area contributed by atoms with Crippen LogP contribution in [0.5, 0.6) is 0 Å². The summed E-state index contributed by atoms with van der Waals surface area (Å²) in [5, 5.41) is 6.96. The Bertz CT molecular complexity index is 1100. The zero-order chi connectivity index (χ0) is 21.3. The summed E-state index contributed by atoms with van der Waals surface area (Å²) in [6, 6.07) is 16.2. The highest BCUT2D eigenvalue weighted by atomic mass is 16.2. The molecule has 1 aliphatic heterocycles. The van der Waals surface area contributed by atoms with Gasteiger partial charge in [-0.2, -0.15) is 5.10 Å². The third kappa shape index (κ3) is 3.93. The summed E-state index contributed by atoms with van der Waals surface area (Å²) in [5.41, 5.74) is 8.66. The number of hydrogen-bond donors (Lipinski definition) is 2. The standard InChI is InChI=1S/C22H21N5O3/c1-14-2-6-17(7-3-14)26-13-15(12-20(26)28)22(30)24-16-4-8-18(9-5-16)27-11-10-19(25-27)21(23)29/h2-11,15H,12-13H2,1H3,(H2,23,29)(H,24,30). The van der Waals surface area contributed by atoms with Gasteiger partial charge in [0.1, 0.15) is 5.69 Å². The van der Waals surface area contributed by atoms with Crippen molar-refractivity contribution in [1.82, 2.24) is 9.78 Å². The average molecular weight is 403 g/mol. The molecule has 1 unspecified atom stereocenters. The van der Waals surface area contributed by atoms with E-state index in [0.29, 0.717) is 12.2 Å². The number of nitrogens with zero attached hydrogens (tertiary/aromatic N) is 3. The third-order valence-corrected chi connectivity index (χ3v) is 5.08. The second kappa shape index (κ2) is 7.82. The first-order valence-corrected chi connectivity index (χ1v) is 9.54. The zero-order valence-electron chi connectivity index (χ0n) is 16.4. The summed E-state index contributed by atoms with van der Waals surface area (Å²) in [6.45, 7) is 2.34. The van der Waals surface area contributed by atoms with Gasteiger partial charge >= 0.3 is 0 Å². The van der Waals surface area contributed by atoms with Crippen LogP contribution in [0.4, 0.5) is 11.4 Å². The van der Waals surface area contributed by atoms with Crippen molar-refractivity contribution in [3.8, 4) is 5.69 Å². The van der Waals surface area contributed by atoms with Gasteiger partial charge in [0.25, 0.3) is 5.91 Å². The summed E-state index contributed by atoms with van der Waals surface area (Å²) in [5.74, 6) is -1.26. The van der Waals surface area contributed by atoms with E-state index >= 15 is 0 Å². The van der Waals surface area contributed by atoms with Gasteiger partial charge in [-0.25, -0.2) is 4.68 Å². The van der Waals surface area contributed by atoms with E-state index in [1.54, 1.807) is 35.4 Å². The van der Waals surface area contributed by atoms with E-state index in [0.717, 1.165) is 16.9 Å². The van der Waals surface area contributed by atoms with Gasteiger partial charge in [0, 0.05) is 30.5 Å². The zero-order valence-corrected chi connectivity index (χ0v) is 16.4. The number of nitrogens with two attached hydrogens (primary N) is 1. The lowest BCUT2D eigenvalue weighted by atomic mass is 10.1. The molecule has 1 aromatic heterocycles. The third-order valence-electron chi connectivity index (χ3n) is 5.08. The minimum atomic E-state index is -0.594. The Balaban J connectivity index is 1.40. The van der Waals surface area contributed by atoms with Crippen molar-refractivity contribution in [2.24, 2.45) is 11.7 Å². The van der Waals surface area contributed by atoms with Crippen LogP contribution < -0.4 is 16.0 Å². The number of rotatable bonds is 5. The van der Waals surface area contributed by atoms with Crippen molar-refractivity contribution in [2.45, 2.75) is 13.3 Å². The van der Waals surface area contributed by atoms with Crippen molar-refractivity contribution in [3.63, 3.8) is 0 Å². The number of primary amides is 1. The Morgan fingerprint density at radius 2 is 1.70 bits per heavy atom. The number of carbonyl (C=O) groups is 3. The first kappa shape index (κ1) is 19.4. The molecule has 1 atom stereocenters. The van der Waals surface area contributed by atoms with Crippen LogP contribution in [0.25, 0.3) is 5.69 Å². The molecule has 1 aliphatic rings. The predicted molar refractivity (Wildman–Crippen MR) is 112 cm³/mol. The number of nitrogens with one attached hydrogen (secondary N) is 1. The van der Waals surface area contributed by atoms with Crippen molar-refractivity contribution < 1.29 is 14.4 Å². The van der Waals surface area contributed by atoms with Crippen LogP contribution in [0.1, 0.15) is 22.5 Å². The molecule has 0 bridgehead atoms. The van der Waals surface area contributed by atoms with E-state index in [2.05, 4.69) is 10.4 Å².